The number of ether oxygens (including phenoxy) is 1. The molecule has 0 aliphatic carbocycles. The lowest BCUT2D eigenvalue weighted by Gasteiger charge is -2.09. The number of aliphatic hydroxyl groups is 1. The summed E-state index contributed by atoms with van der Waals surface area (Å²) in [4.78, 5) is 0. The van der Waals surface area contributed by atoms with Crippen LogP contribution in [0.4, 0.5) is 0 Å². The van der Waals surface area contributed by atoms with Gasteiger partial charge in [-0.15, -0.1) is 0 Å². The van der Waals surface area contributed by atoms with Gasteiger partial charge in [-0.1, -0.05) is 24.3 Å². The van der Waals surface area contributed by atoms with Crippen molar-refractivity contribution in [3.05, 3.63) is 35.4 Å². The summed E-state index contributed by atoms with van der Waals surface area (Å²) in [6, 6.07) is 7.66. The summed E-state index contributed by atoms with van der Waals surface area (Å²) in [5, 5.41) is 8.85. The van der Waals surface area contributed by atoms with E-state index in [0.29, 0.717) is 0 Å². The third-order valence-electron chi connectivity index (χ3n) is 2.20. The van der Waals surface area contributed by atoms with Gasteiger partial charge in [0.25, 0.3) is 0 Å². The van der Waals surface area contributed by atoms with E-state index in [1.54, 1.807) is 7.11 Å². The van der Waals surface area contributed by atoms with Gasteiger partial charge in [0.15, 0.2) is 0 Å². The topological polar surface area (TPSA) is 55.5 Å². The largest absolute Gasteiger partial charge is 0.394 e. The maximum Gasteiger partial charge on any atom is 0.0624 e. The van der Waals surface area contributed by atoms with E-state index in [-0.39, 0.29) is 12.6 Å². The van der Waals surface area contributed by atoms with Crippen molar-refractivity contribution in [1.29, 1.82) is 0 Å². The Morgan fingerprint density at radius 2 is 2.00 bits per heavy atom. The van der Waals surface area contributed by atoms with Crippen LogP contribution in [0.3, 0.4) is 0 Å². The van der Waals surface area contributed by atoms with Gasteiger partial charge in [-0.3, -0.25) is 0 Å². The average molecular weight is 195 g/mol. The number of hydrogen-bond donors (Lipinski definition) is 2. The Kier molecular flexibility index (Phi) is 4.59. The number of methoxy groups -OCH3 is 1. The number of benzene rings is 1. The predicted molar refractivity (Wildman–Crippen MR) is 56.0 cm³/mol. The summed E-state index contributed by atoms with van der Waals surface area (Å²) >= 11 is 0. The first-order valence-corrected chi connectivity index (χ1v) is 4.72. The van der Waals surface area contributed by atoms with E-state index in [1.165, 1.54) is 5.56 Å². The fourth-order valence-corrected chi connectivity index (χ4v) is 1.26. The minimum absolute atomic E-state index is 0.0165. The van der Waals surface area contributed by atoms with E-state index >= 15 is 0 Å². The van der Waals surface area contributed by atoms with Gasteiger partial charge in [0, 0.05) is 7.11 Å². The second kappa shape index (κ2) is 5.75. The van der Waals surface area contributed by atoms with E-state index in [9.17, 15) is 0 Å². The average Bonchev–Trinajstić information content (AvgIpc) is 2.26. The highest BCUT2D eigenvalue weighted by molar-refractivity contribution is 5.24. The summed E-state index contributed by atoms with van der Waals surface area (Å²) in [6.07, 6.45) is 0.908. The number of aliphatic hydroxyl groups excluding tert-OH is 1. The van der Waals surface area contributed by atoms with Gasteiger partial charge in [-0.05, 0) is 17.5 Å². The molecule has 1 aromatic carbocycles. The SMILES string of the molecule is COCCc1ccc(C(N)CO)cc1. The lowest BCUT2D eigenvalue weighted by molar-refractivity contribution is 0.202. The lowest BCUT2D eigenvalue weighted by atomic mass is 10.0. The molecule has 0 aliphatic rings. The first-order valence-electron chi connectivity index (χ1n) is 4.72. The van der Waals surface area contributed by atoms with Gasteiger partial charge in [0.2, 0.25) is 0 Å². The zero-order chi connectivity index (χ0) is 10.4. The zero-order valence-corrected chi connectivity index (χ0v) is 8.44. The van der Waals surface area contributed by atoms with E-state index < -0.39 is 0 Å². The van der Waals surface area contributed by atoms with E-state index in [2.05, 4.69) is 0 Å². The molecule has 0 heterocycles. The number of nitrogens with two attached hydrogens (primary N) is 1. The van der Waals surface area contributed by atoms with Crippen LogP contribution >= 0.6 is 0 Å². The van der Waals surface area contributed by atoms with Crippen LogP contribution in [0, 0.1) is 0 Å². The minimum atomic E-state index is -0.272. The van der Waals surface area contributed by atoms with Crippen molar-refractivity contribution in [2.45, 2.75) is 12.5 Å². The highest BCUT2D eigenvalue weighted by Crippen LogP contribution is 2.11. The molecular formula is C11H17NO2. The van der Waals surface area contributed by atoms with Crippen LogP contribution in [0.25, 0.3) is 0 Å². The molecule has 0 aromatic heterocycles. The Morgan fingerprint density at radius 3 is 2.50 bits per heavy atom. The van der Waals surface area contributed by atoms with Gasteiger partial charge in [0.1, 0.15) is 0 Å². The fourth-order valence-electron chi connectivity index (χ4n) is 1.26. The molecule has 1 unspecified atom stereocenters. The molecule has 14 heavy (non-hydrogen) atoms. The molecule has 3 heteroatoms. The number of hydrogen-bond acceptors (Lipinski definition) is 3. The Morgan fingerprint density at radius 1 is 1.36 bits per heavy atom. The zero-order valence-electron chi connectivity index (χ0n) is 8.44. The standard InChI is InChI=1S/C11H17NO2/c1-14-7-6-9-2-4-10(5-3-9)11(12)8-13/h2-5,11,13H,6-8,12H2,1H3. The van der Waals surface area contributed by atoms with Crippen LogP contribution < -0.4 is 5.73 Å². The van der Waals surface area contributed by atoms with E-state index in [0.717, 1.165) is 18.6 Å². The molecule has 3 N–H and O–H groups in total. The van der Waals surface area contributed by atoms with Crippen LogP contribution in [0.2, 0.25) is 0 Å². The summed E-state index contributed by atoms with van der Waals surface area (Å²) < 4.78 is 4.98. The molecule has 0 bridgehead atoms. The minimum Gasteiger partial charge on any atom is -0.394 e. The molecule has 0 amide bonds. The Labute approximate surface area is 84.5 Å². The second-order valence-electron chi connectivity index (χ2n) is 3.27. The van der Waals surface area contributed by atoms with Gasteiger partial charge in [0.05, 0.1) is 19.3 Å². The maximum absolute atomic E-state index is 8.85. The molecule has 0 radical (unpaired) electrons. The molecule has 0 spiro atoms. The normalized spacial score (nSPS) is 12.8. The molecule has 3 nitrogen and oxygen atoms in total. The highest BCUT2D eigenvalue weighted by atomic mass is 16.5. The molecule has 1 rings (SSSR count). The first kappa shape index (κ1) is 11.2. The van der Waals surface area contributed by atoms with Crippen molar-refractivity contribution in [1.82, 2.24) is 0 Å². The van der Waals surface area contributed by atoms with Crippen molar-refractivity contribution in [2.75, 3.05) is 20.3 Å². The Hall–Kier alpha value is -0.900. The molecule has 0 saturated carbocycles. The Balaban J connectivity index is 2.59. The third-order valence-corrected chi connectivity index (χ3v) is 2.20. The second-order valence-corrected chi connectivity index (χ2v) is 3.27. The van der Waals surface area contributed by atoms with Crippen molar-refractivity contribution >= 4 is 0 Å². The molecule has 0 saturated heterocycles. The first-order chi connectivity index (χ1) is 6.77. The molecular weight excluding hydrogens is 178 g/mol. The maximum atomic E-state index is 8.85. The van der Waals surface area contributed by atoms with Crippen molar-refractivity contribution in [3.63, 3.8) is 0 Å². The van der Waals surface area contributed by atoms with Gasteiger partial charge in [-0.25, -0.2) is 0 Å². The van der Waals surface area contributed by atoms with E-state index in [4.69, 9.17) is 15.6 Å². The van der Waals surface area contributed by atoms with Crippen LogP contribution in [-0.2, 0) is 11.2 Å². The summed E-state index contributed by atoms with van der Waals surface area (Å²) in [7, 11) is 1.69. The summed E-state index contributed by atoms with van der Waals surface area (Å²) in [5.74, 6) is 0. The van der Waals surface area contributed by atoms with Crippen LogP contribution in [0.1, 0.15) is 17.2 Å². The van der Waals surface area contributed by atoms with Crippen molar-refractivity contribution in [3.8, 4) is 0 Å². The lowest BCUT2D eigenvalue weighted by Crippen LogP contribution is -2.14. The van der Waals surface area contributed by atoms with Gasteiger partial charge < -0.3 is 15.6 Å². The fraction of sp³-hybridized carbons (Fsp3) is 0.455. The smallest absolute Gasteiger partial charge is 0.0624 e. The molecule has 0 aliphatic heterocycles. The van der Waals surface area contributed by atoms with Gasteiger partial charge >= 0.3 is 0 Å². The molecule has 78 valence electrons. The highest BCUT2D eigenvalue weighted by Gasteiger charge is 2.03. The van der Waals surface area contributed by atoms with E-state index in [1.807, 2.05) is 24.3 Å². The third kappa shape index (κ3) is 3.10. The van der Waals surface area contributed by atoms with Crippen LogP contribution in [0.15, 0.2) is 24.3 Å². The monoisotopic (exact) mass is 195 g/mol. The summed E-state index contributed by atoms with van der Waals surface area (Å²) in [6.45, 7) is 0.711. The quantitative estimate of drug-likeness (QED) is 0.733. The number of rotatable bonds is 5. The Bertz CT molecular complexity index is 258. The molecule has 1 aromatic rings. The van der Waals surface area contributed by atoms with Crippen LogP contribution in [-0.4, -0.2) is 25.4 Å². The van der Waals surface area contributed by atoms with Crippen molar-refractivity contribution in [2.24, 2.45) is 5.73 Å². The van der Waals surface area contributed by atoms with Gasteiger partial charge in [-0.2, -0.15) is 0 Å². The predicted octanol–water partition coefficient (Wildman–Crippen LogP) is 0.868. The molecule has 1 atom stereocenters. The van der Waals surface area contributed by atoms with Crippen molar-refractivity contribution < 1.29 is 9.84 Å². The molecule has 0 fully saturated rings. The summed E-state index contributed by atoms with van der Waals surface area (Å²) in [5.41, 5.74) is 7.86. The van der Waals surface area contributed by atoms with Crippen LogP contribution in [0.5, 0.6) is 0 Å².